The number of hydrogen-bond donors (Lipinski definition) is 1. The Kier molecular flexibility index (Phi) is 3.92. The molecule has 0 saturated carbocycles. The standard InChI is InChI=1S/C19H20N2O4/c22-17(14-3-1-5-16-13(14)4-2-8-20-16)21-11-15(18(23)24)19(12-21)6-9-25-10-7-19/h1-5,8,15H,6-7,9-12H2,(H,23,24). The zero-order valence-corrected chi connectivity index (χ0v) is 13.9. The van der Waals surface area contributed by atoms with Crippen LogP contribution in [0.25, 0.3) is 10.9 Å². The van der Waals surface area contributed by atoms with Crippen molar-refractivity contribution in [2.45, 2.75) is 12.8 Å². The van der Waals surface area contributed by atoms with E-state index >= 15 is 0 Å². The van der Waals surface area contributed by atoms with Crippen LogP contribution >= 0.6 is 0 Å². The van der Waals surface area contributed by atoms with Gasteiger partial charge < -0.3 is 14.7 Å². The average Bonchev–Trinajstić information content (AvgIpc) is 3.00. The molecule has 1 aromatic heterocycles. The number of nitrogens with zero attached hydrogens (tertiary/aromatic N) is 2. The zero-order valence-electron chi connectivity index (χ0n) is 13.9. The Bertz CT molecular complexity index is 824. The fourth-order valence-electron chi connectivity index (χ4n) is 4.21. The van der Waals surface area contributed by atoms with E-state index in [0.29, 0.717) is 38.2 Å². The van der Waals surface area contributed by atoms with Crippen molar-refractivity contribution in [3.8, 4) is 0 Å². The number of carboxylic acid groups (broad SMARTS) is 1. The number of carbonyl (C=O) groups excluding carboxylic acids is 1. The molecule has 0 bridgehead atoms. The van der Waals surface area contributed by atoms with E-state index in [-0.39, 0.29) is 17.9 Å². The molecule has 2 saturated heterocycles. The summed E-state index contributed by atoms with van der Waals surface area (Å²) in [7, 11) is 0. The normalized spacial score (nSPS) is 22.4. The third-order valence-electron chi connectivity index (χ3n) is 5.60. The summed E-state index contributed by atoms with van der Waals surface area (Å²) < 4.78 is 5.42. The monoisotopic (exact) mass is 340 g/mol. The number of hydrogen-bond acceptors (Lipinski definition) is 4. The highest BCUT2D eigenvalue weighted by molar-refractivity contribution is 6.06. The largest absolute Gasteiger partial charge is 0.481 e. The van der Waals surface area contributed by atoms with Gasteiger partial charge in [-0.25, -0.2) is 0 Å². The lowest BCUT2D eigenvalue weighted by Crippen LogP contribution is -2.40. The van der Waals surface area contributed by atoms with E-state index < -0.39 is 11.9 Å². The molecule has 6 heteroatoms. The molecule has 2 aliphatic rings. The number of carboxylic acids is 1. The molecular weight excluding hydrogens is 320 g/mol. The Balaban J connectivity index is 1.67. The number of likely N-dealkylation sites (tertiary alicyclic amines) is 1. The van der Waals surface area contributed by atoms with Gasteiger partial charge in [0.1, 0.15) is 0 Å². The Morgan fingerprint density at radius 2 is 2.00 bits per heavy atom. The number of aliphatic carboxylic acids is 1. The third-order valence-corrected chi connectivity index (χ3v) is 5.60. The van der Waals surface area contributed by atoms with Gasteiger partial charge in [0.25, 0.3) is 5.91 Å². The van der Waals surface area contributed by atoms with Gasteiger partial charge in [0.15, 0.2) is 0 Å². The van der Waals surface area contributed by atoms with E-state index in [4.69, 9.17) is 4.74 Å². The van der Waals surface area contributed by atoms with Crippen LogP contribution in [0.5, 0.6) is 0 Å². The van der Waals surface area contributed by atoms with Crippen molar-refractivity contribution in [2.75, 3.05) is 26.3 Å². The Hall–Kier alpha value is -2.47. The van der Waals surface area contributed by atoms with Crippen molar-refractivity contribution >= 4 is 22.8 Å². The molecule has 2 aliphatic heterocycles. The molecule has 2 aromatic rings. The summed E-state index contributed by atoms with van der Waals surface area (Å²) in [4.78, 5) is 30.9. The lowest BCUT2D eigenvalue weighted by atomic mass is 9.72. The summed E-state index contributed by atoms with van der Waals surface area (Å²) in [5.74, 6) is -1.47. The summed E-state index contributed by atoms with van der Waals surface area (Å²) in [6.07, 6.45) is 3.07. The predicted octanol–water partition coefficient (Wildman–Crippen LogP) is 2.19. The Morgan fingerprint density at radius 3 is 2.76 bits per heavy atom. The van der Waals surface area contributed by atoms with Crippen LogP contribution in [0.15, 0.2) is 36.5 Å². The molecule has 6 nitrogen and oxygen atoms in total. The molecule has 2 fully saturated rings. The topological polar surface area (TPSA) is 79.7 Å². The molecule has 0 radical (unpaired) electrons. The SMILES string of the molecule is O=C(O)C1CN(C(=O)c2cccc3ncccc23)CC12CCOCC2. The van der Waals surface area contributed by atoms with E-state index in [2.05, 4.69) is 4.98 Å². The fourth-order valence-corrected chi connectivity index (χ4v) is 4.21. The number of carbonyl (C=O) groups is 2. The second kappa shape index (κ2) is 6.11. The average molecular weight is 340 g/mol. The smallest absolute Gasteiger partial charge is 0.308 e. The van der Waals surface area contributed by atoms with Crippen molar-refractivity contribution in [1.82, 2.24) is 9.88 Å². The maximum absolute atomic E-state index is 13.1. The first-order valence-corrected chi connectivity index (χ1v) is 8.54. The number of fused-ring (bicyclic) bond motifs is 1. The van der Waals surface area contributed by atoms with Crippen molar-refractivity contribution < 1.29 is 19.4 Å². The minimum absolute atomic E-state index is 0.117. The number of amides is 1. The number of pyridine rings is 1. The van der Waals surface area contributed by atoms with Gasteiger partial charge in [-0.1, -0.05) is 12.1 Å². The first kappa shape index (κ1) is 16.0. The van der Waals surface area contributed by atoms with Crippen LogP contribution in [0.4, 0.5) is 0 Å². The van der Waals surface area contributed by atoms with E-state index in [9.17, 15) is 14.7 Å². The number of rotatable bonds is 2. The lowest BCUT2D eigenvalue weighted by Gasteiger charge is -2.36. The van der Waals surface area contributed by atoms with Gasteiger partial charge in [-0.05, 0) is 31.0 Å². The van der Waals surface area contributed by atoms with Crippen molar-refractivity contribution in [2.24, 2.45) is 11.3 Å². The molecule has 130 valence electrons. The van der Waals surface area contributed by atoms with Crippen molar-refractivity contribution in [3.05, 3.63) is 42.1 Å². The highest BCUT2D eigenvalue weighted by atomic mass is 16.5. The maximum atomic E-state index is 13.1. The van der Waals surface area contributed by atoms with Crippen LogP contribution in [-0.2, 0) is 9.53 Å². The summed E-state index contributed by atoms with van der Waals surface area (Å²) >= 11 is 0. The van der Waals surface area contributed by atoms with Crippen LogP contribution in [-0.4, -0.2) is 53.2 Å². The molecular formula is C19H20N2O4. The van der Waals surface area contributed by atoms with E-state index in [1.54, 1.807) is 17.2 Å². The molecule has 1 unspecified atom stereocenters. The molecule has 1 atom stereocenters. The van der Waals surface area contributed by atoms with Crippen LogP contribution in [0, 0.1) is 11.3 Å². The minimum atomic E-state index is -0.822. The number of aromatic nitrogens is 1. The number of benzene rings is 1. The third kappa shape index (κ3) is 2.66. The Morgan fingerprint density at radius 1 is 1.20 bits per heavy atom. The second-order valence-electron chi connectivity index (χ2n) is 6.93. The van der Waals surface area contributed by atoms with Gasteiger partial charge in [-0.3, -0.25) is 14.6 Å². The van der Waals surface area contributed by atoms with Gasteiger partial charge in [-0.2, -0.15) is 0 Å². The Labute approximate surface area is 145 Å². The predicted molar refractivity (Wildman–Crippen MR) is 91.3 cm³/mol. The van der Waals surface area contributed by atoms with Crippen LogP contribution in [0.1, 0.15) is 23.2 Å². The van der Waals surface area contributed by atoms with Gasteiger partial charge >= 0.3 is 5.97 Å². The van der Waals surface area contributed by atoms with E-state index in [1.165, 1.54) is 0 Å². The molecule has 0 aliphatic carbocycles. The van der Waals surface area contributed by atoms with E-state index in [0.717, 1.165) is 10.9 Å². The molecule has 25 heavy (non-hydrogen) atoms. The minimum Gasteiger partial charge on any atom is -0.481 e. The summed E-state index contributed by atoms with van der Waals surface area (Å²) in [6, 6.07) is 9.17. The highest BCUT2D eigenvalue weighted by Crippen LogP contribution is 2.44. The summed E-state index contributed by atoms with van der Waals surface area (Å²) in [6.45, 7) is 1.85. The highest BCUT2D eigenvalue weighted by Gasteiger charge is 2.52. The van der Waals surface area contributed by atoms with Crippen LogP contribution in [0.3, 0.4) is 0 Å². The van der Waals surface area contributed by atoms with Crippen molar-refractivity contribution in [1.29, 1.82) is 0 Å². The van der Waals surface area contributed by atoms with Crippen LogP contribution < -0.4 is 0 Å². The van der Waals surface area contributed by atoms with Crippen LogP contribution in [0.2, 0.25) is 0 Å². The first-order chi connectivity index (χ1) is 12.1. The van der Waals surface area contributed by atoms with E-state index in [1.807, 2.05) is 24.3 Å². The molecule has 3 heterocycles. The molecule has 4 rings (SSSR count). The van der Waals surface area contributed by atoms with Crippen molar-refractivity contribution in [3.63, 3.8) is 0 Å². The zero-order chi connectivity index (χ0) is 17.4. The van der Waals surface area contributed by atoms with Gasteiger partial charge in [0.05, 0.1) is 11.4 Å². The summed E-state index contributed by atoms with van der Waals surface area (Å²) in [5.41, 5.74) is 0.977. The number of ether oxygens (including phenoxy) is 1. The van der Waals surface area contributed by atoms with Gasteiger partial charge in [0.2, 0.25) is 0 Å². The van der Waals surface area contributed by atoms with Gasteiger partial charge in [-0.15, -0.1) is 0 Å². The lowest BCUT2D eigenvalue weighted by molar-refractivity contribution is -0.146. The molecule has 1 amide bonds. The molecule has 1 N–H and O–H groups in total. The second-order valence-corrected chi connectivity index (χ2v) is 6.93. The molecule has 1 spiro atoms. The fraction of sp³-hybridized carbons (Fsp3) is 0.421. The quantitative estimate of drug-likeness (QED) is 0.906. The maximum Gasteiger partial charge on any atom is 0.308 e. The molecule has 1 aromatic carbocycles. The summed E-state index contributed by atoms with van der Waals surface area (Å²) in [5, 5.41) is 10.5. The first-order valence-electron chi connectivity index (χ1n) is 8.54. The van der Waals surface area contributed by atoms with Gasteiger partial charge in [0, 0.05) is 48.9 Å².